The van der Waals surface area contributed by atoms with Gasteiger partial charge in [0.1, 0.15) is 5.73 Å². The molecule has 0 unspecified atom stereocenters. The van der Waals surface area contributed by atoms with Crippen LogP contribution in [0.5, 0.6) is 0 Å². The second kappa shape index (κ2) is 6.72. The van der Waals surface area contributed by atoms with E-state index in [0.29, 0.717) is 5.41 Å². The second-order valence-electron chi connectivity index (χ2n) is 9.67. The molecule has 3 nitrogen and oxygen atoms in total. The molecule has 1 aliphatic carbocycles. The molecular weight excluding hydrogens is 340 g/mol. The number of hydrogen-bond acceptors (Lipinski definition) is 3. The average molecular weight is 371 g/mol. The number of hydrogen-bond donors (Lipinski definition) is 0. The van der Waals surface area contributed by atoms with E-state index < -0.39 is 18.3 Å². The summed E-state index contributed by atoms with van der Waals surface area (Å²) in [6.07, 6.45) is 3.80. The smallest absolute Gasteiger partial charge is 0.398 e. The van der Waals surface area contributed by atoms with Gasteiger partial charge in [0.05, 0.1) is 11.2 Å². The van der Waals surface area contributed by atoms with Gasteiger partial charge in [-0.3, -0.25) is 4.90 Å². The molecule has 2 heterocycles. The summed E-state index contributed by atoms with van der Waals surface area (Å²) in [6, 6.07) is 10.6. The molecule has 1 aromatic carbocycles. The van der Waals surface area contributed by atoms with Gasteiger partial charge in [0.25, 0.3) is 0 Å². The van der Waals surface area contributed by atoms with E-state index in [1.54, 1.807) is 0 Å². The van der Waals surface area contributed by atoms with Crippen LogP contribution in [0.3, 0.4) is 0 Å². The molecule has 0 bridgehead atoms. The first-order valence-electron chi connectivity index (χ1n) is 10.2. The summed E-state index contributed by atoms with van der Waals surface area (Å²) in [6.45, 7) is 11.2. The Morgan fingerprint density at radius 1 is 1.00 bits per heavy atom. The summed E-state index contributed by atoms with van der Waals surface area (Å²) in [7, 11) is -0.838. The maximum absolute atomic E-state index is 15.0. The number of benzene rings is 1. The number of halogens is 1. The minimum Gasteiger partial charge on any atom is -0.398 e. The summed E-state index contributed by atoms with van der Waals surface area (Å²) in [4.78, 5) is 2.51. The Morgan fingerprint density at radius 2 is 1.56 bits per heavy atom. The van der Waals surface area contributed by atoms with E-state index in [9.17, 15) is 0 Å². The van der Waals surface area contributed by atoms with Gasteiger partial charge in [0.2, 0.25) is 0 Å². The zero-order valence-electron chi connectivity index (χ0n) is 17.1. The van der Waals surface area contributed by atoms with Gasteiger partial charge in [-0.05, 0) is 69.9 Å². The number of rotatable bonds is 3. The molecule has 0 aromatic heterocycles. The van der Waals surface area contributed by atoms with Crippen LogP contribution in [0.4, 0.5) is 4.39 Å². The van der Waals surface area contributed by atoms with E-state index in [4.69, 9.17) is 9.31 Å². The van der Waals surface area contributed by atoms with Gasteiger partial charge in [-0.1, -0.05) is 30.3 Å². The molecule has 2 aliphatic heterocycles. The molecule has 1 saturated carbocycles. The van der Waals surface area contributed by atoms with E-state index in [1.807, 2.05) is 27.7 Å². The normalized spacial score (nSPS) is 26.3. The van der Waals surface area contributed by atoms with Crippen LogP contribution in [0.15, 0.2) is 41.6 Å². The summed E-state index contributed by atoms with van der Waals surface area (Å²) in [5.41, 5.74) is 1.50. The van der Waals surface area contributed by atoms with Crippen molar-refractivity contribution in [2.24, 2.45) is 5.41 Å². The summed E-state index contributed by atoms with van der Waals surface area (Å²) in [5, 5.41) is 0. The molecule has 0 radical (unpaired) electrons. The summed E-state index contributed by atoms with van der Waals surface area (Å²) in [5.74, 6) is 0. The lowest BCUT2D eigenvalue weighted by molar-refractivity contribution is -0.0263. The average Bonchev–Trinajstić information content (AvgIpc) is 2.82. The fourth-order valence-corrected chi connectivity index (χ4v) is 4.61. The molecule has 0 atom stereocenters. The molecule has 4 rings (SSSR count). The maximum atomic E-state index is 15.0. The summed E-state index contributed by atoms with van der Waals surface area (Å²) >= 11 is 0. The van der Waals surface area contributed by atoms with Crippen LogP contribution >= 0.6 is 0 Å². The fraction of sp³-hybridized carbons (Fsp3) is 0.636. The first-order valence-corrected chi connectivity index (χ1v) is 10.2. The van der Waals surface area contributed by atoms with Crippen molar-refractivity contribution in [2.45, 2.75) is 71.1 Å². The monoisotopic (exact) mass is 371 g/mol. The molecular formula is C22H31BFNO2. The number of allylic oxidation sites excluding steroid dienone is 1. The van der Waals surface area contributed by atoms with Crippen molar-refractivity contribution >= 4 is 7.12 Å². The Hall–Kier alpha value is -1.17. The molecule has 2 saturated heterocycles. The van der Waals surface area contributed by atoms with Gasteiger partial charge < -0.3 is 9.31 Å². The highest BCUT2D eigenvalue weighted by Crippen LogP contribution is 2.48. The van der Waals surface area contributed by atoms with Crippen molar-refractivity contribution in [1.82, 2.24) is 4.90 Å². The predicted octanol–water partition coefficient (Wildman–Crippen LogP) is 4.92. The van der Waals surface area contributed by atoms with Crippen LogP contribution in [0.25, 0.3) is 0 Å². The molecule has 146 valence electrons. The van der Waals surface area contributed by atoms with Gasteiger partial charge in [0.15, 0.2) is 0 Å². The van der Waals surface area contributed by atoms with Crippen LogP contribution in [0.2, 0.25) is 0 Å². The Kier molecular flexibility index (Phi) is 4.77. The quantitative estimate of drug-likeness (QED) is 0.704. The third-order valence-electron chi connectivity index (χ3n) is 7.08. The number of likely N-dealkylation sites (tertiary alicyclic amines) is 1. The van der Waals surface area contributed by atoms with Gasteiger partial charge in [0, 0.05) is 19.6 Å². The third-order valence-corrected chi connectivity index (χ3v) is 7.08. The lowest BCUT2D eigenvalue weighted by Gasteiger charge is -2.53. The van der Waals surface area contributed by atoms with E-state index >= 15 is 4.39 Å². The van der Waals surface area contributed by atoms with E-state index in [-0.39, 0.29) is 5.73 Å². The molecule has 0 amide bonds. The summed E-state index contributed by atoms with van der Waals surface area (Å²) < 4.78 is 26.8. The lowest BCUT2D eigenvalue weighted by atomic mass is 9.66. The van der Waals surface area contributed by atoms with Crippen molar-refractivity contribution < 1.29 is 13.7 Å². The van der Waals surface area contributed by atoms with Crippen molar-refractivity contribution in [3.05, 3.63) is 47.2 Å². The Bertz CT molecular complexity index is 697. The topological polar surface area (TPSA) is 21.7 Å². The Morgan fingerprint density at radius 3 is 2.11 bits per heavy atom. The first kappa shape index (κ1) is 19.2. The Balaban J connectivity index is 1.33. The van der Waals surface area contributed by atoms with Crippen molar-refractivity contribution in [1.29, 1.82) is 0 Å². The van der Waals surface area contributed by atoms with Gasteiger partial charge >= 0.3 is 7.12 Å². The van der Waals surface area contributed by atoms with Crippen molar-refractivity contribution in [3.63, 3.8) is 0 Å². The maximum Gasteiger partial charge on any atom is 0.525 e. The highest BCUT2D eigenvalue weighted by atomic mass is 19.1. The number of nitrogens with zero attached hydrogens (tertiary/aromatic N) is 1. The predicted molar refractivity (Wildman–Crippen MR) is 107 cm³/mol. The zero-order valence-corrected chi connectivity index (χ0v) is 17.1. The fourth-order valence-electron chi connectivity index (χ4n) is 4.61. The molecule has 3 aliphatic rings. The van der Waals surface area contributed by atoms with Crippen LogP contribution in [0.1, 0.15) is 58.9 Å². The van der Waals surface area contributed by atoms with Crippen molar-refractivity contribution in [2.75, 3.05) is 13.1 Å². The lowest BCUT2D eigenvalue weighted by Crippen LogP contribution is -2.56. The first-order chi connectivity index (χ1) is 12.7. The molecule has 5 heteroatoms. The van der Waals surface area contributed by atoms with Gasteiger partial charge in [-0.15, -0.1) is 0 Å². The van der Waals surface area contributed by atoms with Gasteiger partial charge in [-0.2, -0.15) is 0 Å². The van der Waals surface area contributed by atoms with E-state index in [0.717, 1.165) is 50.9 Å². The highest BCUT2D eigenvalue weighted by Gasteiger charge is 2.54. The standard InChI is InChI=1S/C22H31BFNO2/c1-20(2)21(3,4)27-23(26-20)19(24)18-10-12-22(13-11-18)15-25(16-22)14-17-8-6-5-7-9-17/h5-9H,10-16H2,1-4H3. The zero-order chi connectivity index (χ0) is 19.3. The second-order valence-corrected chi connectivity index (χ2v) is 9.67. The van der Waals surface area contributed by atoms with Crippen molar-refractivity contribution in [3.8, 4) is 0 Å². The third kappa shape index (κ3) is 3.62. The highest BCUT2D eigenvalue weighted by molar-refractivity contribution is 6.53. The molecule has 1 spiro atoms. The van der Waals surface area contributed by atoms with Crippen LogP contribution in [-0.4, -0.2) is 36.3 Å². The van der Waals surface area contributed by atoms with Crippen LogP contribution < -0.4 is 0 Å². The molecule has 0 N–H and O–H groups in total. The largest absolute Gasteiger partial charge is 0.525 e. The SMILES string of the molecule is CC1(C)OB(C(F)=C2CCC3(CC2)CN(Cc2ccccc2)C3)OC1(C)C. The van der Waals surface area contributed by atoms with Crippen LogP contribution in [-0.2, 0) is 15.9 Å². The van der Waals surface area contributed by atoms with Crippen LogP contribution in [0, 0.1) is 5.41 Å². The molecule has 3 fully saturated rings. The van der Waals surface area contributed by atoms with Gasteiger partial charge in [-0.25, -0.2) is 4.39 Å². The van der Waals surface area contributed by atoms with E-state index in [1.165, 1.54) is 5.56 Å². The van der Waals surface area contributed by atoms with E-state index in [2.05, 4.69) is 35.2 Å². The molecule has 1 aromatic rings. The minimum absolute atomic E-state index is 0.177. The minimum atomic E-state index is -0.838. The Labute approximate surface area is 163 Å². The molecule has 27 heavy (non-hydrogen) atoms.